The van der Waals surface area contributed by atoms with Crippen LogP contribution in [-0.4, -0.2) is 42.3 Å². The summed E-state index contributed by atoms with van der Waals surface area (Å²) in [5, 5.41) is 0. The fourth-order valence-corrected chi connectivity index (χ4v) is 2.60. The van der Waals surface area contributed by atoms with Gasteiger partial charge in [0.05, 0.1) is 0 Å². The average Bonchev–Trinajstić information content (AvgIpc) is 2.61. The van der Waals surface area contributed by atoms with Gasteiger partial charge in [0.25, 0.3) is 11.8 Å². The van der Waals surface area contributed by atoms with E-state index in [9.17, 15) is 9.59 Å². The molecule has 5 heteroatoms. The van der Waals surface area contributed by atoms with Crippen molar-refractivity contribution in [2.45, 2.75) is 20.4 Å². The van der Waals surface area contributed by atoms with Gasteiger partial charge in [0.2, 0.25) is 0 Å². The Labute approximate surface area is 149 Å². The van der Waals surface area contributed by atoms with E-state index in [1.54, 1.807) is 48.2 Å². The molecule has 0 aliphatic heterocycles. The molecule has 0 heterocycles. The van der Waals surface area contributed by atoms with E-state index in [0.29, 0.717) is 29.9 Å². The molecule has 2 aromatic carbocycles. The largest absolute Gasteiger partial charge is 0.399 e. The van der Waals surface area contributed by atoms with E-state index in [0.717, 1.165) is 11.1 Å². The third kappa shape index (κ3) is 4.38. The number of nitrogen functional groups attached to an aromatic ring is 1. The molecule has 2 N–H and O–H groups in total. The van der Waals surface area contributed by atoms with Crippen LogP contribution in [0.15, 0.2) is 42.5 Å². The second-order valence-electron chi connectivity index (χ2n) is 6.29. The first-order valence-electron chi connectivity index (χ1n) is 8.29. The number of hydrogen-bond acceptors (Lipinski definition) is 3. The van der Waals surface area contributed by atoms with E-state index in [1.165, 1.54) is 0 Å². The lowest BCUT2D eigenvalue weighted by Crippen LogP contribution is -2.31. The molecule has 0 aliphatic rings. The van der Waals surface area contributed by atoms with Gasteiger partial charge in [-0.15, -0.1) is 0 Å². The first kappa shape index (κ1) is 18.5. The van der Waals surface area contributed by atoms with E-state index < -0.39 is 0 Å². The molecule has 0 spiro atoms. The molecule has 132 valence electrons. The Morgan fingerprint density at radius 1 is 1.00 bits per heavy atom. The summed E-state index contributed by atoms with van der Waals surface area (Å²) in [6.45, 7) is 4.93. The lowest BCUT2D eigenvalue weighted by atomic mass is 10.1. The molecular formula is C20H25N3O2. The molecule has 0 radical (unpaired) electrons. The minimum absolute atomic E-state index is 0.0367. The minimum atomic E-state index is -0.0410. The fraction of sp³-hybridized carbons (Fsp3) is 0.300. The average molecular weight is 339 g/mol. The van der Waals surface area contributed by atoms with Gasteiger partial charge in [-0.2, -0.15) is 0 Å². The van der Waals surface area contributed by atoms with Gasteiger partial charge >= 0.3 is 0 Å². The van der Waals surface area contributed by atoms with Crippen LogP contribution >= 0.6 is 0 Å². The van der Waals surface area contributed by atoms with Gasteiger partial charge in [0, 0.05) is 44.0 Å². The summed E-state index contributed by atoms with van der Waals surface area (Å²) < 4.78 is 0. The van der Waals surface area contributed by atoms with Gasteiger partial charge in [0.1, 0.15) is 0 Å². The van der Waals surface area contributed by atoms with Crippen molar-refractivity contribution in [1.82, 2.24) is 9.80 Å². The van der Waals surface area contributed by atoms with Crippen LogP contribution in [0.1, 0.15) is 38.8 Å². The second-order valence-corrected chi connectivity index (χ2v) is 6.29. The van der Waals surface area contributed by atoms with Crippen molar-refractivity contribution in [2.75, 3.05) is 26.4 Å². The zero-order chi connectivity index (χ0) is 18.6. The molecule has 0 saturated heterocycles. The van der Waals surface area contributed by atoms with Crippen LogP contribution < -0.4 is 5.73 Å². The fourth-order valence-electron chi connectivity index (χ4n) is 2.60. The van der Waals surface area contributed by atoms with Gasteiger partial charge < -0.3 is 15.5 Å². The Balaban J connectivity index is 2.17. The van der Waals surface area contributed by atoms with Crippen molar-refractivity contribution in [3.63, 3.8) is 0 Å². The molecule has 0 aliphatic carbocycles. The zero-order valence-corrected chi connectivity index (χ0v) is 15.2. The maximum Gasteiger partial charge on any atom is 0.254 e. The van der Waals surface area contributed by atoms with Gasteiger partial charge in [-0.1, -0.05) is 18.2 Å². The number of rotatable bonds is 5. The van der Waals surface area contributed by atoms with Crippen LogP contribution in [0.2, 0.25) is 0 Å². The van der Waals surface area contributed by atoms with E-state index in [-0.39, 0.29) is 11.8 Å². The standard InChI is InChI=1S/C20H25N3O2/c1-5-23(20(25)18-12-17(21)11-6-14(18)2)13-15-7-9-16(10-8-15)19(24)22(3)4/h6-12H,5,13,21H2,1-4H3. The Morgan fingerprint density at radius 2 is 1.64 bits per heavy atom. The van der Waals surface area contributed by atoms with Crippen molar-refractivity contribution in [1.29, 1.82) is 0 Å². The molecule has 2 aromatic rings. The molecule has 0 aromatic heterocycles. The van der Waals surface area contributed by atoms with Gasteiger partial charge in [-0.05, 0) is 49.2 Å². The molecule has 5 nitrogen and oxygen atoms in total. The maximum absolute atomic E-state index is 12.8. The van der Waals surface area contributed by atoms with Crippen molar-refractivity contribution in [3.05, 3.63) is 64.7 Å². The highest BCUT2D eigenvalue weighted by molar-refractivity contribution is 5.96. The number of carbonyl (C=O) groups is 2. The summed E-state index contributed by atoms with van der Waals surface area (Å²) in [7, 11) is 3.45. The Hall–Kier alpha value is -2.82. The highest BCUT2D eigenvalue weighted by atomic mass is 16.2. The normalized spacial score (nSPS) is 10.4. The molecule has 0 unspecified atom stereocenters. The number of nitrogens with zero attached hydrogens (tertiary/aromatic N) is 2. The molecule has 2 amide bonds. The number of hydrogen-bond donors (Lipinski definition) is 1. The SMILES string of the molecule is CCN(Cc1ccc(C(=O)N(C)C)cc1)C(=O)c1cc(N)ccc1C. The van der Waals surface area contributed by atoms with Crippen molar-refractivity contribution in [2.24, 2.45) is 0 Å². The number of aryl methyl sites for hydroxylation is 1. The number of carbonyl (C=O) groups excluding carboxylic acids is 2. The van der Waals surface area contributed by atoms with Crippen molar-refractivity contribution in [3.8, 4) is 0 Å². The lowest BCUT2D eigenvalue weighted by Gasteiger charge is -2.22. The van der Waals surface area contributed by atoms with Gasteiger partial charge in [-0.3, -0.25) is 9.59 Å². The first-order valence-corrected chi connectivity index (χ1v) is 8.29. The van der Waals surface area contributed by atoms with Crippen LogP contribution in [0.3, 0.4) is 0 Å². The van der Waals surface area contributed by atoms with E-state index in [1.807, 2.05) is 32.0 Å². The Morgan fingerprint density at radius 3 is 2.20 bits per heavy atom. The third-order valence-electron chi connectivity index (χ3n) is 4.14. The molecule has 0 atom stereocenters. The van der Waals surface area contributed by atoms with Crippen molar-refractivity contribution < 1.29 is 9.59 Å². The number of amides is 2. The minimum Gasteiger partial charge on any atom is -0.399 e. The summed E-state index contributed by atoms with van der Waals surface area (Å²) in [4.78, 5) is 28.1. The summed E-state index contributed by atoms with van der Waals surface area (Å²) in [6, 6.07) is 12.7. The summed E-state index contributed by atoms with van der Waals surface area (Å²) in [5.41, 5.74) is 9.55. The van der Waals surface area contributed by atoms with Crippen molar-refractivity contribution >= 4 is 17.5 Å². The predicted molar refractivity (Wildman–Crippen MR) is 100 cm³/mol. The topological polar surface area (TPSA) is 66.6 Å². The molecule has 2 rings (SSSR count). The highest BCUT2D eigenvalue weighted by Gasteiger charge is 2.17. The van der Waals surface area contributed by atoms with Gasteiger partial charge in [-0.25, -0.2) is 0 Å². The number of anilines is 1. The molecular weight excluding hydrogens is 314 g/mol. The lowest BCUT2D eigenvalue weighted by molar-refractivity contribution is 0.0750. The number of nitrogens with two attached hydrogens (primary N) is 1. The summed E-state index contributed by atoms with van der Waals surface area (Å²) >= 11 is 0. The van der Waals surface area contributed by atoms with Crippen LogP contribution in [0, 0.1) is 6.92 Å². The van der Waals surface area contributed by atoms with Crippen LogP contribution in [0.25, 0.3) is 0 Å². The first-order chi connectivity index (χ1) is 11.8. The Bertz CT molecular complexity index is 767. The summed E-state index contributed by atoms with van der Waals surface area (Å²) in [6.07, 6.45) is 0. The third-order valence-corrected chi connectivity index (χ3v) is 4.14. The van der Waals surface area contributed by atoms with E-state index in [2.05, 4.69) is 0 Å². The zero-order valence-electron chi connectivity index (χ0n) is 15.2. The van der Waals surface area contributed by atoms with E-state index >= 15 is 0 Å². The summed E-state index contributed by atoms with van der Waals surface area (Å²) in [5.74, 6) is -0.0777. The monoisotopic (exact) mass is 339 g/mol. The maximum atomic E-state index is 12.8. The highest BCUT2D eigenvalue weighted by Crippen LogP contribution is 2.17. The van der Waals surface area contributed by atoms with Crippen LogP contribution in [0.4, 0.5) is 5.69 Å². The van der Waals surface area contributed by atoms with Crippen LogP contribution in [-0.2, 0) is 6.54 Å². The van der Waals surface area contributed by atoms with Crippen LogP contribution in [0.5, 0.6) is 0 Å². The molecule has 0 fully saturated rings. The Kier molecular flexibility index (Phi) is 5.80. The number of benzene rings is 2. The molecule has 25 heavy (non-hydrogen) atoms. The van der Waals surface area contributed by atoms with Gasteiger partial charge in [0.15, 0.2) is 0 Å². The molecule has 0 bridgehead atoms. The molecule has 0 saturated carbocycles. The quantitative estimate of drug-likeness (QED) is 0.852. The smallest absolute Gasteiger partial charge is 0.254 e. The van der Waals surface area contributed by atoms with E-state index in [4.69, 9.17) is 5.73 Å². The predicted octanol–water partition coefficient (Wildman–Crippen LogP) is 2.94. The second kappa shape index (κ2) is 7.83.